The first kappa shape index (κ1) is 24.5. The number of carbonyl (C=O) groups excluding carboxylic acids is 2. The maximum Gasteiger partial charge on any atom is 0.338 e. The van der Waals surface area contributed by atoms with Crippen molar-refractivity contribution < 1.29 is 28.5 Å². The maximum absolute atomic E-state index is 13.1. The van der Waals surface area contributed by atoms with Crippen molar-refractivity contribution in [1.29, 1.82) is 0 Å². The highest BCUT2D eigenvalue weighted by molar-refractivity contribution is 6.34. The topological polar surface area (TPSA) is 86.3 Å². The normalized spacial score (nSPS) is 15.8. The lowest BCUT2D eigenvalue weighted by atomic mass is 9.94. The molecule has 0 saturated carbocycles. The van der Waals surface area contributed by atoms with E-state index in [1.165, 1.54) is 26.2 Å². The van der Waals surface area contributed by atoms with E-state index in [9.17, 15) is 9.59 Å². The summed E-state index contributed by atoms with van der Waals surface area (Å²) >= 11 is 12.3. The summed E-state index contributed by atoms with van der Waals surface area (Å²) < 4.78 is 21.9. The minimum absolute atomic E-state index is 0.132. The molecule has 10 heteroatoms. The zero-order valence-corrected chi connectivity index (χ0v) is 20.1. The average Bonchev–Trinajstić information content (AvgIpc) is 2.81. The first-order valence-corrected chi connectivity index (χ1v) is 10.8. The fourth-order valence-corrected chi connectivity index (χ4v) is 3.74. The van der Waals surface area contributed by atoms with Gasteiger partial charge in [0, 0.05) is 29.8 Å². The van der Waals surface area contributed by atoms with Crippen molar-refractivity contribution in [3.63, 3.8) is 0 Å². The van der Waals surface area contributed by atoms with Crippen LogP contribution in [0.1, 0.15) is 18.5 Å². The van der Waals surface area contributed by atoms with Crippen LogP contribution < -0.4 is 19.5 Å². The third-order valence-corrected chi connectivity index (χ3v) is 5.63. The number of nitrogens with one attached hydrogen (secondary N) is 1. The van der Waals surface area contributed by atoms with Gasteiger partial charge < -0.3 is 24.3 Å². The van der Waals surface area contributed by atoms with E-state index in [1.807, 2.05) is 0 Å². The molecule has 8 nitrogen and oxygen atoms in total. The van der Waals surface area contributed by atoms with Crippen LogP contribution in [0.3, 0.4) is 0 Å². The zero-order valence-electron chi connectivity index (χ0n) is 18.6. The Kier molecular flexibility index (Phi) is 7.94. The van der Waals surface area contributed by atoms with Gasteiger partial charge in [-0.1, -0.05) is 23.2 Å². The highest BCUT2D eigenvalue weighted by Crippen LogP contribution is 2.38. The highest BCUT2D eigenvalue weighted by Gasteiger charge is 2.38. The maximum atomic E-state index is 13.1. The van der Waals surface area contributed by atoms with E-state index in [-0.39, 0.29) is 18.8 Å². The smallest absolute Gasteiger partial charge is 0.338 e. The molecule has 1 unspecified atom stereocenters. The third-order valence-electron chi connectivity index (χ3n) is 5.08. The molecular weight excluding hydrogens is 471 g/mol. The second kappa shape index (κ2) is 10.7. The van der Waals surface area contributed by atoms with Crippen molar-refractivity contribution >= 4 is 35.2 Å². The van der Waals surface area contributed by atoms with Gasteiger partial charge in [0.25, 0.3) is 0 Å². The molecule has 1 heterocycles. The number of nitrogens with zero attached hydrogens (tertiary/aromatic N) is 1. The van der Waals surface area contributed by atoms with Crippen LogP contribution in [0.2, 0.25) is 10.0 Å². The van der Waals surface area contributed by atoms with E-state index in [0.29, 0.717) is 38.6 Å². The van der Waals surface area contributed by atoms with Crippen LogP contribution >= 0.6 is 23.2 Å². The molecule has 33 heavy (non-hydrogen) atoms. The molecule has 3 rings (SSSR count). The number of urea groups is 1. The molecule has 0 fully saturated rings. The Morgan fingerprint density at radius 1 is 1.09 bits per heavy atom. The number of carbonyl (C=O) groups is 2. The number of likely N-dealkylation sites (N-methyl/N-ethyl adjacent to an activating group) is 1. The molecule has 0 saturated heterocycles. The predicted molar refractivity (Wildman–Crippen MR) is 124 cm³/mol. The molecule has 1 aliphatic heterocycles. The molecule has 2 amide bonds. The molecule has 2 aromatic rings. The van der Waals surface area contributed by atoms with Gasteiger partial charge in [-0.3, -0.25) is 4.90 Å². The summed E-state index contributed by atoms with van der Waals surface area (Å²) in [4.78, 5) is 27.2. The van der Waals surface area contributed by atoms with E-state index in [2.05, 4.69) is 5.32 Å². The van der Waals surface area contributed by atoms with Crippen molar-refractivity contribution in [3.8, 4) is 17.2 Å². The molecule has 2 aromatic carbocycles. The number of esters is 1. The van der Waals surface area contributed by atoms with Crippen LogP contribution in [0.15, 0.2) is 47.7 Å². The number of benzene rings is 2. The molecular formula is C23H24Cl2N2O6. The minimum Gasteiger partial charge on any atom is -0.497 e. The first-order chi connectivity index (χ1) is 15.8. The number of hydrogen-bond donors (Lipinski definition) is 1. The Bertz CT molecular complexity index is 1090. The number of amides is 2. The van der Waals surface area contributed by atoms with E-state index >= 15 is 0 Å². The van der Waals surface area contributed by atoms with Gasteiger partial charge in [0.2, 0.25) is 0 Å². The minimum atomic E-state index is -0.845. The summed E-state index contributed by atoms with van der Waals surface area (Å²) in [6, 6.07) is 8.62. The Hall–Kier alpha value is -3.10. The summed E-state index contributed by atoms with van der Waals surface area (Å²) in [6.45, 7) is 1.72. The lowest BCUT2D eigenvalue weighted by molar-refractivity contribution is -0.139. The monoisotopic (exact) mass is 494 g/mol. The summed E-state index contributed by atoms with van der Waals surface area (Å²) in [5.41, 5.74) is 1.08. The SMILES string of the molecule is CCOC(=O)C1=C(COc2cc(Cl)ccc2Cl)N(C)C(=O)NC1c1ccc(OC)cc1OC. The van der Waals surface area contributed by atoms with Crippen molar-refractivity contribution in [2.75, 3.05) is 34.5 Å². The fourth-order valence-electron chi connectivity index (χ4n) is 3.41. The quantitative estimate of drug-likeness (QED) is 0.539. The first-order valence-electron chi connectivity index (χ1n) is 10.0. The van der Waals surface area contributed by atoms with Crippen molar-refractivity contribution in [1.82, 2.24) is 10.2 Å². The van der Waals surface area contributed by atoms with Crippen LogP contribution in [0.5, 0.6) is 17.2 Å². The Balaban J connectivity index is 2.11. The Labute approximate surface area is 202 Å². The van der Waals surface area contributed by atoms with Crippen LogP contribution in [0, 0.1) is 0 Å². The lowest BCUT2D eigenvalue weighted by Gasteiger charge is -2.35. The van der Waals surface area contributed by atoms with Crippen molar-refractivity contribution in [2.24, 2.45) is 0 Å². The van der Waals surface area contributed by atoms with Crippen LogP contribution in [-0.2, 0) is 9.53 Å². The molecule has 176 valence electrons. The van der Waals surface area contributed by atoms with Gasteiger partial charge in [-0.05, 0) is 31.2 Å². The summed E-state index contributed by atoms with van der Waals surface area (Å²) in [6.07, 6.45) is 0. The molecule has 1 aliphatic rings. The number of hydrogen-bond acceptors (Lipinski definition) is 6. The van der Waals surface area contributed by atoms with E-state index in [0.717, 1.165) is 0 Å². The van der Waals surface area contributed by atoms with Gasteiger partial charge in [0.15, 0.2) is 0 Å². The van der Waals surface area contributed by atoms with Crippen LogP contribution in [0.25, 0.3) is 0 Å². The molecule has 0 spiro atoms. The molecule has 0 aromatic heterocycles. The van der Waals surface area contributed by atoms with Crippen molar-refractivity contribution in [2.45, 2.75) is 13.0 Å². The van der Waals surface area contributed by atoms with E-state index in [1.54, 1.807) is 43.3 Å². The predicted octanol–water partition coefficient (Wildman–Crippen LogP) is 4.60. The van der Waals surface area contributed by atoms with E-state index < -0.39 is 18.0 Å². The number of rotatable bonds is 8. The summed E-state index contributed by atoms with van der Waals surface area (Å²) in [5.74, 6) is 0.723. The standard InChI is InChI=1S/C23H24Cl2N2O6/c1-5-32-22(28)20-17(12-33-19-10-13(24)6-9-16(19)25)27(2)23(29)26-21(20)15-8-7-14(30-3)11-18(15)31-4/h6-11,21H,5,12H2,1-4H3,(H,26,29). The molecule has 0 radical (unpaired) electrons. The highest BCUT2D eigenvalue weighted by atomic mass is 35.5. The van der Waals surface area contributed by atoms with Crippen LogP contribution in [-0.4, -0.2) is 51.4 Å². The van der Waals surface area contributed by atoms with Gasteiger partial charge in [-0.2, -0.15) is 0 Å². The van der Waals surface area contributed by atoms with Gasteiger partial charge >= 0.3 is 12.0 Å². The number of halogens is 2. The second-order valence-electron chi connectivity index (χ2n) is 6.99. The third kappa shape index (κ3) is 5.29. The molecule has 0 aliphatic carbocycles. The largest absolute Gasteiger partial charge is 0.497 e. The van der Waals surface area contributed by atoms with Gasteiger partial charge in [0.1, 0.15) is 23.9 Å². The lowest BCUT2D eigenvalue weighted by Crippen LogP contribution is -2.48. The summed E-state index contributed by atoms with van der Waals surface area (Å²) in [7, 11) is 4.56. The van der Waals surface area contributed by atoms with Gasteiger partial charge in [-0.25, -0.2) is 9.59 Å². The second-order valence-corrected chi connectivity index (χ2v) is 7.84. The Morgan fingerprint density at radius 3 is 2.52 bits per heavy atom. The van der Waals surface area contributed by atoms with Gasteiger partial charge in [0.05, 0.1) is 43.2 Å². The molecule has 0 bridgehead atoms. The van der Waals surface area contributed by atoms with E-state index in [4.69, 9.17) is 42.1 Å². The van der Waals surface area contributed by atoms with Gasteiger partial charge in [-0.15, -0.1) is 0 Å². The summed E-state index contributed by atoms with van der Waals surface area (Å²) in [5, 5.41) is 3.61. The molecule has 1 N–H and O–H groups in total. The fraction of sp³-hybridized carbons (Fsp3) is 0.304. The number of methoxy groups -OCH3 is 2. The average molecular weight is 495 g/mol. The van der Waals surface area contributed by atoms with Crippen LogP contribution in [0.4, 0.5) is 4.79 Å². The molecule has 1 atom stereocenters. The Morgan fingerprint density at radius 2 is 1.85 bits per heavy atom. The zero-order chi connectivity index (χ0) is 24.1. The van der Waals surface area contributed by atoms with Crippen molar-refractivity contribution in [3.05, 3.63) is 63.3 Å². The number of ether oxygens (including phenoxy) is 4.